The molecule has 0 saturated heterocycles. The van der Waals surface area contributed by atoms with Gasteiger partial charge in [-0.2, -0.15) is 0 Å². The number of carbonyl (C=O) groups is 1. The smallest absolute Gasteiger partial charge is 0.240 e. The first-order valence-electron chi connectivity index (χ1n) is 8.27. The molecule has 1 heterocycles. The first-order valence-corrected chi connectivity index (χ1v) is 10.6. The minimum Gasteiger partial charge on any atom is -0.352 e. The number of rotatable bonds is 7. The fourth-order valence-electron chi connectivity index (χ4n) is 2.43. The van der Waals surface area contributed by atoms with Crippen LogP contribution in [-0.2, 0) is 27.8 Å². The van der Waals surface area contributed by atoms with Crippen molar-refractivity contribution >= 4 is 27.3 Å². The number of carbonyl (C=O) groups excluding carboxylic acids is 1. The van der Waals surface area contributed by atoms with Gasteiger partial charge in [0, 0.05) is 17.5 Å². The second-order valence-electron chi connectivity index (χ2n) is 5.82. The van der Waals surface area contributed by atoms with Crippen LogP contribution in [0.25, 0.3) is 10.6 Å². The van der Waals surface area contributed by atoms with Crippen LogP contribution in [0.3, 0.4) is 0 Å². The standard InChI is InChI=1S/C19H19N3O3S2/c1-20-27(24,25)17-9-7-14(8-10-17)12-21-18(23)11-16-13-26-19(22-16)15-5-3-2-4-6-15/h2-10,13,20H,11-12H2,1H3,(H,21,23). The molecule has 0 aliphatic carbocycles. The Hall–Kier alpha value is -2.55. The number of nitrogens with zero attached hydrogens (tertiary/aromatic N) is 1. The fourth-order valence-corrected chi connectivity index (χ4v) is 3.99. The van der Waals surface area contributed by atoms with Crippen molar-refractivity contribution in [2.45, 2.75) is 17.9 Å². The van der Waals surface area contributed by atoms with E-state index in [1.54, 1.807) is 12.1 Å². The summed E-state index contributed by atoms with van der Waals surface area (Å²) in [5, 5.41) is 5.61. The topological polar surface area (TPSA) is 88.2 Å². The van der Waals surface area contributed by atoms with Crippen LogP contribution >= 0.6 is 11.3 Å². The van der Waals surface area contributed by atoms with Crippen molar-refractivity contribution in [2.75, 3.05) is 7.05 Å². The van der Waals surface area contributed by atoms with E-state index in [9.17, 15) is 13.2 Å². The maximum atomic E-state index is 12.2. The number of aromatic nitrogens is 1. The molecule has 6 nitrogen and oxygen atoms in total. The van der Waals surface area contributed by atoms with Crippen molar-refractivity contribution < 1.29 is 13.2 Å². The third-order valence-corrected chi connectivity index (χ3v) is 6.28. The highest BCUT2D eigenvalue weighted by molar-refractivity contribution is 7.89. The zero-order chi connectivity index (χ0) is 19.3. The summed E-state index contributed by atoms with van der Waals surface area (Å²) in [7, 11) is -2.09. The van der Waals surface area contributed by atoms with Gasteiger partial charge in [-0.15, -0.1) is 11.3 Å². The molecule has 0 saturated carbocycles. The molecule has 2 aromatic carbocycles. The average Bonchev–Trinajstić information content (AvgIpc) is 3.16. The maximum absolute atomic E-state index is 12.2. The Morgan fingerprint density at radius 3 is 2.44 bits per heavy atom. The number of sulfonamides is 1. The first kappa shape index (κ1) is 19.2. The number of nitrogens with one attached hydrogen (secondary N) is 2. The SMILES string of the molecule is CNS(=O)(=O)c1ccc(CNC(=O)Cc2csc(-c3ccccc3)n2)cc1. The largest absolute Gasteiger partial charge is 0.352 e. The molecule has 3 aromatic rings. The van der Waals surface area contributed by atoms with Crippen LogP contribution in [0.4, 0.5) is 0 Å². The van der Waals surface area contributed by atoms with E-state index in [0.717, 1.165) is 21.8 Å². The predicted octanol–water partition coefficient (Wildman–Crippen LogP) is 2.58. The van der Waals surface area contributed by atoms with Crippen LogP contribution in [0, 0.1) is 0 Å². The van der Waals surface area contributed by atoms with Crippen LogP contribution in [0.15, 0.2) is 64.9 Å². The van der Waals surface area contributed by atoms with Crippen molar-refractivity contribution in [2.24, 2.45) is 0 Å². The molecule has 3 rings (SSSR count). The van der Waals surface area contributed by atoms with Gasteiger partial charge in [-0.25, -0.2) is 18.1 Å². The van der Waals surface area contributed by atoms with Crippen LogP contribution in [0.1, 0.15) is 11.3 Å². The Morgan fingerprint density at radius 1 is 1.07 bits per heavy atom. The zero-order valence-corrected chi connectivity index (χ0v) is 16.3. The molecule has 0 unspecified atom stereocenters. The van der Waals surface area contributed by atoms with Crippen molar-refractivity contribution in [1.29, 1.82) is 0 Å². The Morgan fingerprint density at radius 2 is 1.78 bits per heavy atom. The maximum Gasteiger partial charge on any atom is 0.240 e. The van der Waals surface area contributed by atoms with Crippen molar-refractivity contribution in [3.63, 3.8) is 0 Å². The van der Waals surface area contributed by atoms with Gasteiger partial charge in [-0.3, -0.25) is 4.79 Å². The Bertz CT molecular complexity index is 1010. The quantitative estimate of drug-likeness (QED) is 0.637. The molecular weight excluding hydrogens is 382 g/mol. The highest BCUT2D eigenvalue weighted by atomic mass is 32.2. The zero-order valence-electron chi connectivity index (χ0n) is 14.7. The fraction of sp³-hybridized carbons (Fsp3) is 0.158. The van der Waals surface area contributed by atoms with E-state index in [1.165, 1.54) is 30.5 Å². The minimum atomic E-state index is -3.45. The molecule has 140 valence electrons. The number of hydrogen-bond acceptors (Lipinski definition) is 5. The molecule has 8 heteroatoms. The van der Waals surface area contributed by atoms with Crippen LogP contribution in [0.5, 0.6) is 0 Å². The molecule has 0 fully saturated rings. The second kappa shape index (κ2) is 8.43. The lowest BCUT2D eigenvalue weighted by Gasteiger charge is -2.06. The summed E-state index contributed by atoms with van der Waals surface area (Å²) in [6.45, 7) is 0.328. The van der Waals surface area contributed by atoms with Crippen molar-refractivity contribution in [3.8, 4) is 10.6 Å². The van der Waals surface area contributed by atoms with Gasteiger partial charge in [0.2, 0.25) is 15.9 Å². The van der Waals surface area contributed by atoms with Crippen molar-refractivity contribution in [1.82, 2.24) is 15.0 Å². The van der Waals surface area contributed by atoms with E-state index in [4.69, 9.17) is 0 Å². The van der Waals surface area contributed by atoms with E-state index in [0.29, 0.717) is 6.54 Å². The van der Waals surface area contributed by atoms with Crippen molar-refractivity contribution in [3.05, 3.63) is 71.2 Å². The molecule has 0 aliphatic rings. The van der Waals surface area contributed by atoms with Gasteiger partial charge in [0.25, 0.3) is 0 Å². The lowest BCUT2D eigenvalue weighted by atomic mass is 10.2. The highest BCUT2D eigenvalue weighted by Crippen LogP contribution is 2.23. The lowest BCUT2D eigenvalue weighted by molar-refractivity contribution is -0.120. The molecule has 0 spiro atoms. The first-order chi connectivity index (χ1) is 13.0. The molecule has 0 radical (unpaired) electrons. The van der Waals surface area contributed by atoms with Gasteiger partial charge in [0.15, 0.2) is 0 Å². The van der Waals surface area contributed by atoms with Gasteiger partial charge in [-0.05, 0) is 24.7 Å². The summed E-state index contributed by atoms with van der Waals surface area (Å²) >= 11 is 1.51. The summed E-state index contributed by atoms with van der Waals surface area (Å²) in [5.41, 5.74) is 2.58. The summed E-state index contributed by atoms with van der Waals surface area (Å²) in [5.74, 6) is -0.133. The minimum absolute atomic E-state index is 0.133. The van der Waals surface area contributed by atoms with Gasteiger partial charge >= 0.3 is 0 Å². The van der Waals surface area contributed by atoms with E-state index in [2.05, 4.69) is 15.0 Å². The third-order valence-electron chi connectivity index (χ3n) is 3.91. The number of thiazole rings is 1. The van der Waals surface area contributed by atoms with Gasteiger partial charge in [0.1, 0.15) is 5.01 Å². The van der Waals surface area contributed by atoms with Gasteiger partial charge < -0.3 is 5.32 Å². The van der Waals surface area contributed by atoms with Crippen LogP contribution in [0.2, 0.25) is 0 Å². The Labute approximate surface area is 162 Å². The molecular formula is C19H19N3O3S2. The lowest BCUT2D eigenvalue weighted by Crippen LogP contribution is -2.24. The number of benzene rings is 2. The molecule has 1 aromatic heterocycles. The van der Waals surface area contributed by atoms with E-state index in [-0.39, 0.29) is 17.2 Å². The molecule has 2 N–H and O–H groups in total. The molecule has 1 amide bonds. The summed E-state index contributed by atoms with van der Waals surface area (Å²) in [6, 6.07) is 16.2. The van der Waals surface area contributed by atoms with Crippen LogP contribution in [-0.4, -0.2) is 26.4 Å². The molecule has 27 heavy (non-hydrogen) atoms. The highest BCUT2D eigenvalue weighted by Gasteiger charge is 2.11. The summed E-state index contributed by atoms with van der Waals surface area (Å²) in [4.78, 5) is 16.8. The number of hydrogen-bond donors (Lipinski definition) is 2. The molecule has 0 aliphatic heterocycles. The van der Waals surface area contributed by atoms with E-state index in [1.807, 2.05) is 35.7 Å². The second-order valence-corrected chi connectivity index (χ2v) is 8.56. The Balaban J connectivity index is 1.55. The summed E-state index contributed by atoms with van der Waals surface area (Å²) < 4.78 is 25.7. The van der Waals surface area contributed by atoms with Gasteiger partial charge in [-0.1, -0.05) is 42.5 Å². The molecule has 0 bridgehead atoms. The summed E-state index contributed by atoms with van der Waals surface area (Å²) in [6.07, 6.45) is 0.204. The normalized spacial score (nSPS) is 11.3. The van der Waals surface area contributed by atoms with E-state index >= 15 is 0 Å². The predicted molar refractivity (Wildman–Crippen MR) is 106 cm³/mol. The monoisotopic (exact) mass is 401 g/mol. The Kier molecular flexibility index (Phi) is 6.00. The number of amides is 1. The van der Waals surface area contributed by atoms with Crippen LogP contribution < -0.4 is 10.0 Å². The van der Waals surface area contributed by atoms with Gasteiger partial charge in [0.05, 0.1) is 17.0 Å². The average molecular weight is 402 g/mol. The van der Waals surface area contributed by atoms with E-state index < -0.39 is 10.0 Å². The third kappa shape index (κ3) is 5.00. The molecule has 0 atom stereocenters.